The van der Waals surface area contributed by atoms with Crippen molar-refractivity contribution in [3.63, 3.8) is 0 Å². The third-order valence-electron chi connectivity index (χ3n) is 3.64. The van der Waals surface area contributed by atoms with Gasteiger partial charge in [-0.2, -0.15) is 45.5 Å². The molecule has 0 heterocycles. The second kappa shape index (κ2) is 6.84. The van der Waals surface area contributed by atoms with E-state index in [2.05, 4.69) is 53.7 Å². The molecular formula is C16H22Cr. The predicted octanol–water partition coefficient (Wildman–Crippen LogP) is 4.66. The quantitative estimate of drug-likeness (QED) is 0.608. The van der Waals surface area contributed by atoms with Crippen LogP contribution >= 0.6 is 0 Å². The minimum Gasteiger partial charge on any atom is -0.213 e. The molecule has 0 atom stereocenters. The van der Waals surface area contributed by atoms with Crippen molar-refractivity contribution >= 4 is 0 Å². The molecule has 2 aromatic rings. The summed E-state index contributed by atoms with van der Waals surface area (Å²) in [5, 5.41) is 0. The van der Waals surface area contributed by atoms with Crippen LogP contribution in [0, 0.1) is 41.5 Å². The molecule has 0 radical (unpaired) electrons. The largest absolute Gasteiger partial charge is 2.00 e. The van der Waals surface area contributed by atoms with Crippen LogP contribution in [0.4, 0.5) is 0 Å². The minimum absolute atomic E-state index is 0. The molecule has 0 amide bonds. The van der Waals surface area contributed by atoms with Crippen molar-refractivity contribution in [2.45, 2.75) is 41.5 Å². The monoisotopic (exact) mass is 266 g/mol. The second-order valence-electron chi connectivity index (χ2n) is 4.59. The average molecular weight is 266 g/mol. The van der Waals surface area contributed by atoms with Gasteiger partial charge in [-0.3, -0.25) is 0 Å². The van der Waals surface area contributed by atoms with Gasteiger partial charge in [0.15, 0.2) is 0 Å². The van der Waals surface area contributed by atoms with Crippen LogP contribution in [0.25, 0.3) is 0 Å². The van der Waals surface area contributed by atoms with Gasteiger partial charge in [-0.15, -0.1) is 0 Å². The van der Waals surface area contributed by atoms with Crippen LogP contribution in [0.1, 0.15) is 33.4 Å². The van der Waals surface area contributed by atoms with E-state index in [0.29, 0.717) is 0 Å². The van der Waals surface area contributed by atoms with Gasteiger partial charge in [-0.05, 0) is 0 Å². The maximum absolute atomic E-state index is 2.20. The summed E-state index contributed by atoms with van der Waals surface area (Å²) in [4.78, 5) is 0. The summed E-state index contributed by atoms with van der Waals surface area (Å²) in [6.07, 6.45) is 0. The molecule has 0 saturated heterocycles. The van der Waals surface area contributed by atoms with Gasteiger partial charge in [0.25, 0.3) is 0 Å². The van der Waals surface area contributed by atoms with E-state index in [1.807, 2.05) is 12.1 Å². The molecule has 0 N–H and O–H groups in total. The van der Waals surface area contributed by atoms with Gasteiger partial charge in [0.2, 0.25) is 0 Å². The molecule has 0 aliphatic rings. The van der Waals surface area contributed by atoms with E-state index in [1.54, 1.807) is 0 Å². The molecule has 1 heteroatoms. The van der Waals surface area contributed by atoms with Crippen LogP contribution < -0.4 is 0 Å². The van der Waals surface area contributed by atoms with Gasteiger partial charge in [-0.1, -0.05) is 41.5 Å². The molecule has 0 aromatic heterocycles. The number of hydrogen-bond acceptors (Lipinski definition) is 0. The zero-order chi connectivity index (χ0) is 12.3. The van der Waals surface area contributed by atoms with Crippen LogP contribution in [0.5, 0.6) is 0 Å². The van der Waals surface area contributed by atoms with E-state index in [4.69, 9.17) is 0 Å². The Hall–Kier alpha value is -0.768. The average Bonchev–Trinajstić information content (AvgIpc) is 2.80. The summed E-state index contributed by atoms with van der Waals surface area (Å²) in [6, 6.07) is 8.24. The van der Waals surface area contributed by atoms with E-state index in [-0.39, 0.29) is 17.4 Å². The molecule has 0 aliphatic heterocycles. The topological polar surface area (TPSA) is 0 Å². The normalized spacial score (nSPS) is 9.29. The van der Waals surface area contributed by atoms with E-state index < -0.39 is 0 Å². The Morgan fingerprint density at radius 2 is 1.41 bits per heavy atom. The minimum atomic E-state index is 0. The Bertz CT molecular complexity index is 364. The first-order valence-electron chi connectivity index (χ1n) is 5.83. The molecule has 0 spiro atoms. The van der Waals surface area contributed by atoms with Crippen molar-refractivity contribution in [1.29, 1.82) is 0 Å². The Balaban J connectivity index is 0.000000316. The first-order valence-corrected chi connectivity index (χ1v) is 5.83. The molecule has 0 nitrogen and oxygen atoms in total. The summed E-state index contributed by atoms with van der Waals surface area (Å²) < 4.78 is 0. The molecule has 17 heavy (non-hydrogen) atoms. The van der Waals surface area contributed by atoms with Gasteiger partial charge < -0.3 is 0 Å². The standard InChI is InChI=1S/C10H15.C6H7.Cr/c1-6-7(2)9(4)10(5)8(6)3;1-6-4-2-3-5-6;/h1-5H3;2-5H,1H3;/q2*-1;+2. The Morgan fingerprint density at radius 3 is 1.53 bits per heavy atom. The zero-order valence-electron chi connectivity index (χ0n) is 11.7. The molecule has 0 unspecified atom stereocenters. The van der Waals surface area contributed by atoms with Gasteiger partial charge in [-0.25, -0.2) is 12.1 Å². The molecule has 92 valence electrons. The third-order valence-corrected chi connectivity index (χ3v) is 3.64. The summed E-state index contributed by atoms with van der Waals surface area (Å²) in [5.74, 6) is 0. The van der Waals surface area contributed by atoms with Gasteiger partial charge in [0.1, 0.15) is 0 Å². The summed E-state index contributed by atoms with van der Waals surface area (Å²) in [7, 11) is 0. The first-order chi connectivity index (χ1) is 7.45. The van der Waals surface area contributed by atoms with Crippen LogP contribution in [0.3, 0.4) is 0 Å². The molecule has 0 saturated carbocycles. The fourth-order valence-corrected chi connectivity index (χ4v) is 1.88. The fourth-order valence-electron chi connectivity index (χ4n) is 1.88. The van der Waals surface area contributed by atoms with Crippen LogP contribution in [0.2, 0.25) is 0 Å². The van der Waals surface area contributed by atoms with Crippen LogP contribution in [0.15, 0.2) is 24.3 Å². The predicted molar refractivity (Wildman–Crippen MR) is 72.5 cm³/mol. The molecular weight excluding hydrogens is 244 g/mol. The SMILES string of the molecule is Cc1c(C)c(C)[c-](C)c1C.Cc1ccc[cH-]1.[Cr+2]. The Labute approximate surface area is 117 Å². The van der Waals surface area contributed by atoms with Crippen molar-refractivity contribution < 1.29 is 17.4 Å². The van der Waals surface area contributed by atoms with Gasteiger partial charge in [0, 0.05) is 0 Å². The molecule has 0 aliphatic carbocycles. The fraction of sp³-hybridized carbons (Fsp3) is 0.375. The van der Waals surface area contributed by atoms with Gasteiger partial charge in [0.05, 0.1) is 0 Å². The summed E-state index contributed by atoms with van der Waals surface area (Å²) in [5.41, 5.74) is 8.68. The molecule has 0 bridgehead atoms. The first kappa shape index (κ1) is 16.2. The van der Waals surface area contributed by atoms with Crippen molar-refractivity contribution in [1.82, 2.24) is 0 Å². The van der Waals surface area contributed by atoms with E-state index in [1.165, 1.54) is 33.4 Å². The van der Waals surface area contributed by atoms with E-state index in [9.17, 15) is 0 Å². The van der Waals surface area contributed by atoms with Crippen molar-refractivity contribution in [3.05, 3.63) is 57.6 Å². The van der Waals surface area contributed by atoms with Crippen molar-refractivity contribution in [3.8, 4) is 0 Å². The summed E-state index contributed by atoms with van der Waals surface area (Å²) in [6.45, 7) is 13.1. The third kappa shape index (κ3) is 3.88. The summed E-state index contributed by atoms with van der Waals surface area (Å²) >= 11 is 0. The zero-order valence-corrected chi connectivity index (χ0v) is 13.0. The van der Waals surface area contributed by atoms with Crippen LogP contribution in [-0.4, -0.2) is 0 Å². The van der Waals surface area contributed by atoms with Crippen molar-refractivity contribution in [2.24, 2.45) is 0 Å². The molecule has 2 aromatic carbocycles. The second-order valence-corrected chi connectivity index (χ2v) is 4.59. The maximum Gasteiger partial charge on any atom is 2.00 e. The number of hydrogen-bond donors (Lipinski definition) is 0. The number of rotatable bonds is 0. The molecule has 0 fully saturated rings. The van der Waals surface area contributed by atoms with Gasteiger partial charge >= 0.3 is 17.4 Å². The number of aryl methyl sites for hydroxylation is 1. The van der Waals surface area contributed by atoms with E-state index >= 15 is 0 Å². The Kier molecular flexibility index (Phi) is 6.54. The Morgan fingerprint density at radius 1 is 0.941 bits per heavy atom. The van der Waals surface area contributed by atoms with E-state index in [0.717, 1.165) is 0 Å². The smallest absolute Gasteiger partial charge is 0.213 e. The van der Waals surface area contributed by atoms with Crippen molar-refractivity contribution in [2.75, 3.05) is 0 Å². The molecule has 2 rings (SSSR count). The maximum atomic E-state index is 2.20. The van der Waals surface area contributed by atoms with Crippen LogP contribution in [-0.2, 0) is 17.4 Å².